The third-order valence-electron chi connectivity index (χ3n) is 4.77. The van der Waals surface area contributed by atoms with Gasteiger partial charge in [-0.05, 0) is 60.9 Å². The minimum Gasteiger partial charge on any atom is -0.353 e. The van der Waals surface area contributed by atoms with Crippen molar-refractivity contribution in [3.05, 3.63) is 83.3 Å². The summed E-state index contributed by atoms with van der Waals surface area (Å²) in [4.78, 5) is 4.26. The number of imidazole rings is 1. The Morgan fingerprint density at radius 3 is 2.78 bits per heavy atom. The number of aromatic nitrogens is 4. The summed E-state index contributed by atoms with van der Waals surface area (Å²) in [6.45, 7) is 1.89. The molecule has 158 valence electrons. The van der Waals surface area contributed by atoms with E-state index < -0.39 is 11.7 Å². The molecule has 3 heterocycles. The average molecular weight is 433 g/mol. The highest BCUT2D eigenvalue weighted by atomic mass is 19.4. The van der Waals surface area contributed by atoms with Crippen molar-refractivity contribution in [3.8, 4) is 11.8 Å². The fourth-order valence-electron chi connectivity index (χ4n) is 3.33. The van der Waals surface area contributed by atoms with Crippen molar-refractivity contribution in [1.82, 2.24) is 19.8 Å². The first kappa shape index (κ1) is 19.6. The number of aryl methyl sites for hydroxylation is 1. The van der Waals surface area contributed by atoms with Crippen LogP contribution in [0.2, 0.25) is 0 Å². The molecular weight excluding hydrogens is 419 g/mol. The van der Waals surface area contributed by atoms with Crippen LogP contribution in [0.25, 0.3) is 16.6 Å². The van der Waals surface area contributed by atoms with Gasteiger partial charge >= 0.3 is 6.18 Å². The molecule has 0 atom stereocenters. The molecule has 0 aliphatic rings. The van der Waals surface area contributed by atoms with Crippen molar-refractivity contribution in [2.24, 2.45) is 0 Å². The summed E-state index contributed by atoms with van der Waals surface area (Å²) in [5.74, 6) is 6.42. The molecule has 2 aromatic carbocycles. The predicted octanol–water partition coefficient (Wildman–Crippen LogP) is 5.34. The van der Waals surface area contributed by atoms with E-state index in [0.29, 0.717) is 33.7 Å². The number of halogens is 3. The van der Waals surface area contributed by atoms with Gasteiger partial charge in [-0.3, -0.25) is 0 Å². The maximum atomic E-state index is 13.0. The fourth-order valence-corrected chi connectivity index (χ4v) is 3.33. The number of nitrogens with one attached hydrogen (secondary N) is 1. The fraction of sp³-hybridized carbons (Fsp3) is 0.0870. The van der Waals surface area contributed by atoms with Crippen LogP contribution in [0.1, 0.15) is 22.4 Å². The van der Waals surface area contributed by atoms with Gasteiger partial charge in [-0.1, -0.05) is 17.1 Å². The number of benzene rings is 2. The Morgan fingerprint density at radius 1 is 1.06 bits per heavy atom. The van der Waals surface area contributed by atoms with Crippen molar-refractivity contribution in [2.45, 2.75) is 13.1 Å². The minimum absolute atomic E-state index is 0.251. The molecule has 0 amide bonds. The summed E-state index contributed by atoms with van der Waals surface area (Å²) in [6, 6.07) is 12.2. The highest BCUT2D eigenvalue weighted by Gasteiger charge is 2.30. The van der Waals surface area contributed by atoms with E-state index in [1.54, 1.807) is 23.0 Å². The first-order chi connectivity index (χ1) is 15.4. The second-order valence-electron chi connectivity index (χ2n) is 7.11. The molecule has 0 radical (unpaired) electrons. The average Bonchev–Trinajstić information content (AvgIpc) is 3.36. The highest BCUT2D eigenvalue weighted by Crippen LogP contribution is 2.33. The molecule has 1 N–H and O–H groups in total. The summed E-state index contributed by atoms with van der Waals surface area (Å²) >= 11 is 0. The van der Waals surface area contributed by atoms with E-state index in [2.05, 4.69) is 32.4 Å². The zero-order valence-corrected chi connectivity index (χ0v) is 16.6. The normalized spacial score (nSPS) is 11.5. The van der Waals surface area contributed by atoms with Gasteiger partial charge in [0.05, 0.1) is 22.7 Å². The molecule has 32 heavy (non-hydrogen) atoms. The van der Waals surface area contributed by atoms with E-state index in [1.165, 1.54) is 12.1 Å². The van der Waals surface area contributed by atoms with Gasteiger partial charge in [-0.25, -0.2) is 9.50 Å². The lowest BCUT2D eigenvalue weighted by Crippen LogP contribution is -2.05. The van der Waals surface area contributed by atoms with Crippen molar-refractivity contribution in [3.63, 3.8) is 0 Å². The SMILES string of the molecule is Cc1cc(C#Cc2cnc3cccnn23)c2onc(Nc3cccc(C(F)(F)F)c3)c2c1. The number of alkyl halides is 3. The quantitative estimate of drug-likeness (QED) is 0.381. The third kappa shape index (κ3) is 3.63. The van der Waals surface area contributed by atoms with Gasteiger partial charge < -0.3 is 9.84 Å². The molecule has 0 unspecified atom stereocenters. The Kier molecular flexibility index (Phi) is 4.56. The van der Waals surface area contributed by atoms with E-state index in [9.17, 15) is 13.2 Å². The molecule has 0 fully saturated rings. The number of rotatable bonds is 2. The van der Waals surface area contributed by atoms with E-state index in [4.69, 9.17) is 4.52 Å². The Labute approximate surface area is 179 Å². The van der Waals surface area contributed by atoms with Crippen LogP contribution in [0.15, 0.2) is 65.4 Å². The highest BCUT2D eigenvalue weighted by molar-refractivity contribution is 5.94. The molecule has 0 spiro atoms. The van der Waals surface area contributed by atoms with E-state index in [-0.39, 0.29) is 5.69 Å². The van der Waals surface area contributed by atoms with Crippen LogP contribution in [0.4, 0.5) is 24.7 Å². The second kappa shape index (κ2) is 7.42. The zero-order valence-electron chi connectivity index (χ0n) is 16.6. The van der Waals surface area contributed by atoms with Crippen molar-refractivity contribution < 1.29 is 17.7 Å². The molecule has 0 bridgehead atoms. The molecule has 0 saturated carbocycles. The van der Waals surface area contributed by atoms with Gasteiger partial charge in [0.2, 0.25) is 0 Å². The molecule has 3 aromatic heterocycles. The van der Waals surface area contributed by atoms with Gasteiger partial charge in [-0.15, -0.1) is 0 Å². The molecule has 0 aliphatic heterocycles. The van der Waals surface area contributed by atoms with Crippen LogP contribution in [-0.2, 0) is 6.18 Å². The van der Waals surface area contributed by atoms with Crippen LogP contribution < -0.4 is 5.32 Å². The van der Waals surface area contributed by atoms with Crippen LogP contribution in [0.5, 0.6) is 0 Å². The monoisotopic (exact) mass is 433 g/mol. The van der Waals surface area contributed by atoms with Gasteiger partial charge in [0, 0.05) is 11.9 Å². The maximum Gasteiger partial charge on any atom is 0.416 e. The topological polar surface area (TPSA) is 68.2 Å². The zero-order chi connectivity index (χ0) is 22.3. The largest absolute Gasteiger partial charge is 0.416 e. The van der Waals surface area contributed by atoms with Crippen LogP contribution in [0, 0.1) is 18.8 Å². The summed E-state index contributed by atoms with van der Waals surface area (Å²) < 4.78 is 46.2. The Hall–Kier alpha value is -4.32. The number of hydrogen-bond donors (Lipinski definition) is 1. The van der Waals surface area contributed by atoms with E-state index >= 15 is 0 Å². The van der Waals surface area contributed by atoms with E-state index in [1.807, 2.05) is 25.1 Å². The molecule has 5 aromatic rings. The molecule has 5 rings (SSSR count). The van der Waals surface area contributed by atoms with Gasteiger partial charge in [0.15, 0.2) is 17.0 Å². The number of nitrogens with zero attached hydrogens (tertiary/aromatic N) is 4. The summed E-state index contributed by atoms with van der Waals surface area (Å²) in [6.07, 6.45) is -1.16. The van der Waals surface area contributed by atoms with Crippen molar-refractivity contribution in [2.75, 3.05) is 5.32 Å². The lowest BCUT2D eigenvalue weighted by molar-refractivity contribution is -0.137. The maximum absolute atomic E-state index is 13.0. The van der Waals surface area contributed by atoms with Crippen molar-refractivity contribution >= 4 is 28.1 Å². The first-order valence-electron chi connectivity index (χ1n) is 9.53. The molecule has 9 heteroatoms. The van der Waals surface area contributed by atoms with Crippen LogP contribution >= 0.6 is 0 Å². The van der Waals surface area contributed by atoms with Crippen LogP contribution in [0.3, 0.4) is 0 Å². The summed E-state index contributed by atoms with van der Waals surface area (Å²) in [5, 5.41) is 11.8. The third-order valence-corrected chi connectivity index (χ3v) is 4.77. The lowest BCUT2D eigenvalue weighted by Gasteiger charge is -2.09. The predicted molar refractivity (Wildman–Crippen MR) is 112 cm³/mol. The van der Waals surface area contributed by atoms with Gasteiger partial charge in [0.25, 0.3) is 0 Å². The number of anilines is 2. The molecule has 6 nitrogen and oxygen atoms in total. The van der Waals surface area contributed by atoms with E-state index in [0.717, 1.165) is 17.7 Å². The summed E-state index contributed by atoms with van der Waals surface area (Å²) in [7, 11) is 0. The number of hydrogen-bond acceptors (Lipinski definition) is 5. The van der Waals surface area contributed by atoms with Gasteiger partial charge in [0.1, 0.15) is 5.69 Å². The molecule has 0 saturated heterocycles. The Morgan fingerprint density at radius 2 is 1.94 bits per heavy atom. The molecular formula is C23H14F3N5O. The lowest BCUT2D eigenvalue weighted by atomic mass is 10.1. The summed E-state index contributed by atoms with van der Waals surface area (Å²) in [5.41, 5.74) is 2.71. The Bertz CT molecular complexity index is 1520. The smallest absolute Gasteiger partial charge is 0.353 e. The number of fused-ring (bicyclic) bond motifs is 2. The van der Waals surface area contributed by atoms with Crippen molar-refractivity contribution in [1.29, 1.82) is 0 Å². The van der Waals surface area contributed by atoms with Gasteiger partial charge in [-0.2, -0.15) is 18.3 Å². The standard InChI is InChI=1S/C23H14F3N5O/c1-14-10-15(7-8-18-13-27-20-6-3-9-28-31(18)20)21-19(11-14)22(30-32-21)29-17-5-2-4-16(12-17)23(24,25)26/h2-6,9-13H,1H3,(H,29,30). The molecule has 0 aliphatic carbocycles. The van der Waals surface area contributed by atoms with Crippen LogP contribution in [-0.4, -0.2) is 19.8 Å². The minimum atomic E-state index is -4.43. The first-order valence-corrected chi connectivity index (χ1v) is 9.53. The Balaban J connectivity index is 1.53. The second-order valence-corrected chi connectivity index (χ2v) is 7.11.